The molecule has 1 aromatic heterocycles. The van der Waals surface area contributed by atoms with Crippen LogP contribution in [0.1, 0.15) is 23.7 Å². The quantitative estimate of drug-likeness (QED) is 0.692. The van der Waals surface area contributed by atoms with Crippen LogP contribution in [0.15, 0.2) is 60.8 Å². The van der Waals surface area contributed by atoms with Crippen molar-refractivity contribution in [3.05, 3.63) is 77.1 Å². The van der Waals surface area contributed by atoms with Crippen LogP contribution in [0.3, 0.4) is 0 Å². The van der Waals surface area contributed by atoms with Crippen LogP contribution < -0.4 is 5.32 Å². The molecule has 2 aromatic carbocycles. The van der Waals surface area contributed by atoms with Gasteiger partial charge in [-0.25, -0.2) is 4.68 Å². The summed E-state index contributed by atoms with van der Waals surface area (Å²) in [5, 5.41) is 21.8. The molecule has 124 valence electrons. The molecular formula is C18H19ClN4O. The van der Waals surface area contributed by atoms with Gasteiger partial charge < -0.3 is 10.4 Å². The van der Waals surface area contributed by atoms with Crippen molar-refractivity contribution in [3.63, 3.8) is 0 Å². The van der Waals surface area contributed by atoms with Crippen LogP contribution in [0.5, 0.6) is 0 Å². The SMILES string of the molecule is OCCC(NCc1cn(-c2ccc(Cl)cc2)nn1)c1ccccc1. The highest BCUT2D eigenvalue weighted by Crippen LogP contribution is 2.17. The topological polar surface area (TPSA) is 63.0 Å². The van der Waals surface area contributed by atoms with Gasteiger partial charge in [-0.05, 0) is 36.2 Å². The number of hydrogen-bond acceptors (Lipinski definition) is 4. The van der Waals surface area contributed by atoms with E-state index in [9.17, 15) is 5.11 Å². The lowest BCUT2D eigenvalue weighted by molar-refractivity contribution is 0.265. The Morgan fingerprint density at radius 2 is 1.83 bits per heavy atom. The van der Waals surface area contributed by atoms with Crippen LogP contribution in [0.2, 0.25) is 5.02 Å². The zero-order valence-electron chi connectivity index (χ0n) is 13.1. The van der Waals surface area contributed by atoms with Gasteiger partial charge in [0.15, 0.2) is 0 Å². The van der Waals surface area contributed by atoms with Crippen LogP contribution in [-0.2, 0) is 6.54 Å². The van der Waals surface area contributed by atoms with Crippen molar-refractivity contribution in [2.24, 2.45) is 0 Å². The third kappa shape index (κ3) is 4.20. The Morgan fingerprint density at radius 1 is 1.08 bits per heavy atom. The number of rotatable bonds is 7. The molecule has 0 amide bonds. The van der Waals surface area contributed by atoms with Crippen molar-refractivity contribution < 1.29 is 5.11 Å². The minimum atomic E-state index is 0.0804. The predicted molar refractivity (Wildman–Crippen MR) is 94.1 cm³/mol. The van der Waals surface area contributed by atoms with Gasteiger partial charge in [-0.2, -0.15) is 0 Å². The lowest BCUT2D eigenvalue weighted by Gasteiger charge is -2.17. The van der Waals surface area contributed by atoms with Crippen molar-refractivity contribution in [1.29, 1.82) is 0 Å². The predicted octanol–water partition coefficient (Wildman–Crippen LogP) is 3.13. The Hall–Kier alpha value is -2.21. The van der Waals surface area contributed by atoms with E-state index < -0.39 is 0 Å². The molecule has 0 radical (unpaired) electrons. The molecule has 0 saturated heterocycles. The van der Waals surface area contributed by atoms with Crippen LogP contribution in [0.25, 0.3) is 5.69 Å². The summed E-state index contributed by atoms with van der Waals surface area (Å²) >= 11 is 5.90. The third-order valence-corrected chi connectivity index (χ3v) is 4.03. The van der Waals surface area contributed by atoms with Gasteiger partial charge in [0, 0.05) is 24.2 Å². The molecule has 0 aliphatic carbocycles. The standard InChI is InChI=1S/C18H19ClN4O/c19-15-6-8-17(9-7-15)23-13-16(21-22-23)12-20-18(10-11-24)14-4-2-1-3-5-14/h1-9,13,18,20,24H,10-12H2. The second kappa shape index (κ2) is 8.06. The van der Waals surface area contributed by atoms with Crippen LogP contribution in [0.4, 0.5) is 0 Å². The summed E-state index contributed by atoms with van der Waals surface area (Å²) in [6.07, 6.45) is 2.53. The number of benzene rings is 2. The van der Waals surface area contributed by atoms with Crippen molar-refractivity contribution in [3.8, 4) is 5.69 Å². The number of aliphatic hydroxyl groups excluding tert-OH is 1. The molecule has 24 heavy (non-hydrogen) atoms. The van der Waals surface area contributed by atoms with E-state index in [0.717, 1.165) is 16.9 Å². The summed E-state index contributed by atoms with van der Waals surface area (Å²) in [7, 11) is 0. The average molecular weight is 343 g/mol. The second-order valence-electron chi connectivity index (χ2n) is 5.49. The molecule has 0 aliphatic heterocycles. The minimum Gasteiger partial charge on any atom is -0.396 e. The summed E-state index contributed by atoms with van der Waals surface area (Å²) in [5.74, 6) is 0. The molecule has 0 bridgehead atoms. The Morgan fingerprint density at radius 3 is 2.54 bits per heavy atom. The lowest BCUT2D eigenvalue weighted by atomic mass is 10.0. The van der Waals surface area contributed by atoms with Crippen LogP contribution >= 0.6 is 11.6 Å². The highest BCUT2D eigenvalue weighted by atomic mass is 35.5. The van der Waals surface area contributed by atoms with Gasteiger partial charge in [-0.3, -0.25) is 0 Å². The van der Waals surface area contributed by atoms with Crippen LogP contribution in [0, 0.1) is 0 Å². The third-order valence-electron chi connectivity index (χ3n) is 3.78. The number of nitrogens with one attached hydrogen (secondary N) is 1. The summed E-state index contributed by atoms with van der Waals surface area (Å²) < 4.78 is 1.72. The lowest BCUT2D eigenvalue weighted by Crippen LogP contribution is -2.22. The molecule has 0 fully saturated rings. The fraction of sp³-hybridized carbons (Fsp3) is 0.222. The molecule has 1 heterocycles. The first-order chi connectivity index (χ1) is 11.8. The maximum Gasteiger partial charge on any atom is 0.0969 e. The van der Waals surface area contributed by atoms with E-state index in [1.54, 1.807) is 4.68 Å². The molecule has 6 heteroatoms. The number of hydrogen-bond donors (Lipinski definition) is 2. The maximum absolute atomic E-state index is 9.29. The monoisotopic (exact) mass is 342 g/mol. The molecule has 3 aromatic rings. The van der Waals surface area contributed by atoms with E-state index in [2.05, 4.69) is 27.8 Å². The minimum absolute atomic E-state index is 0.0804. The van der Waals surface area contributed by atoms with E-state index in [1.807, 2.05) is 48.7 Å². The molecular weight excluding hydrogens is 324 g/mol. The second-order valence-corrected chi connectivity index (χ2v) is 5.92. The van der Waals surface area contributed by atoms with Gasteiger partial charge in [0.1, 0.15) is 0 Å². The number of aliphatic hydroxyl groups is 1. The first kappa shape index (κ1) is 16.6. The van der Waals surface area contributed by atoms with Crippen molar-refractivity contribution in [1.82, 2.24) is 20.3 Å². The average Bonchev–Trinajstić information content (AvgIpc) is 3.09. The van der Waals surface area contributed by atoms with Gasteiger partial charge >= 0.3 is 0 Å². The molecule has 5 nitrogen and oxygen atoms in total. The van der Waals surface area contributed by atoms with E-state index in [0.29, 0.717) is 18.0 Å². The highest BCUT2D eigenvalue weighted by Gasteiger charge is 2.11. The normalized spacial score (nSPS) is 12.2. The van der Waals surface area contributed by atoms with Gasteiger partial charge in [0.2, 0.25) is 0 Å². The van der Waals surface area contributed by atoms with Crippen molar-refractivity contribution in [2.45, 2.75) is 19.0 Å². The highest BCUT2D eigenvalue weighted by molar-refractivity contribution is 6.30. The van der Waals surface area contributed by atoms with Gasteiger partial charge in [0.25, 0.3) is 0 Å². The Balaban J connectivity index is 1.66. The van der Waals surface area contributed by atoms with Gasteiger partial charge in [-0.1, -0.05) is 47.1 Å². The van der Waals surface area contributed by atoms with Crippen LogP contribution in [-0.4, -0.2) is 26.7 Å². The number of aromatic nitrogens is 3. The molecule has 0 saturated carbocycles. The first-order valence-electron chi connectivity index (χ1n) is 7.82. The fourth-order valence-electron chi connectivity index (χ4n) is 2.53. The Kier molecular flexibility index (Phi) is 5.59. The summed E-state index contributed by atoms with van der Waals surface area (Å²) in [6.45, 7) is 0.706. The molecule has 1 atom stereocenters. The number of nitrogens with zero attached hydrogens (tertiary/aromatic N) is 3. The number of halogens is 1. The summed E-state index contributed by atoms with van der Waals surface area (Å²) in [4.78, 5) is 0. The summed E-state index contributed by atoms with van der Waals surface area (Å²) in [5.41, 5.74) is 2.90. The molecule has 2 N–H and O–H groups in total. The smallest absolute Gasteiger partial charge is 0.0969 e. The van der Waals surface area contributed by atoms with E-state index >= 15 is 0 Å². The van der Waals surface area contributed by atoms with Crippen molar-refractivity contribution in [2.75, 3.05) is 6.61 Å². The Labute approximate surface area is 145 Å². The molecule has 3 rings (SSSR count). The molecule has 1 unspecified atom stereocenters. The van der Waals surface area contributed by atoms with E-state index in [1.165, 1.54) is 0 Å². The van der Waals surface area contributed by atoms with Crippen molar-refractivity contribution >= 4 is 11.6 Å². The zero-order chi connectivity index (χ0) is 16.8. The van der Waals surface area contributed by atoms with E-state index in [-0.39, 0.29) is 12.6 Å². The van der Waals surface area contributed by atoms with Gasteiger partial charge in [0.05, 0.1) is 17.6 Å². The Bertz CT molecular complexity index is 758. The zero-order valence-corrected chi connectivity index (χ0v) is 13.9. The first-order valence-corrected chi connectivity index (χ1v) is 8.20. The fourth-order valence-corrected chi connectivity index (χ4v) is 2.65. The maximum atomic E-state index is 9.29. The van der Waals surface area contributed by atoms with Gasteiger partial charge in [-0.15, -0.1) is 5.10 Å². The molecule has 0 spiro atoms. The molecule has 0 aliphatic rings. The largest absolute Gasteiger partial charge is 0.396 e. The summed E-state index contributed by atoms with van der Waals surface area (Å²) in [6, 6.07) is 17.6. The van der Waals surface area contributed by atoms with E-state index in [4.69, 9.17) is 11.6 Å².